The zero-order valence-corrected chi connectivity index (χ0v) is 11.8. The van der Waals surface area contributed by atoms with E-state index in [2.05, 4.69) is 41.1 Å². The Hall–Kier alpha value is -1.12. The fourth-order valence-electron chi connectivity index (χ4n) is 4.02. The van der Waals surface area contributed by atoms with Crippen LogP contribution in [-0.4, -0.2) is 6.04 Å². The summed E-state index contributed by atoms with van der Waals surface area (Å²) in [6.45, 7) is 0. The van der Waals surface area contributed by atoms with Gasteiger partial charge in [-0.15, -0.1) is 0 Å². The van der Waals surface area contributed by atoms with Crippen molar-refractivity contribution < 1.29 is 0 Å². The number of hydrogen-bond donors (Lipinski definition) is 1. The van der Waals surface area contributed by atoms with Crippen molar-refractivity contribution in [1.29, 1.82) is 0 Å². The molecule has 1 nitrogen and oxygen atoms in total. The molecule has 1 fully saturated rings. The topological polar surface area (TPSA) is 26.0 Å². The Balaban J connectivity index is 1.54. The van der Waals surface area contributed by atoms with E-state index < -0.39 is 0 Å². The molecule has 1 heterocycles. The summed E-state index contributed by atoms with van der Waals surface area (Å²) in [5, 5.41) is 4.39. The van der Waals surface area contributed by atoms with Crippen LogP contribution in [0.4, 0.5) is 0 Å². The zero-order chi connectivity index (χ0) is 12.8. The summed E-state index contributed by atoms with van der Waals surface area (Å²) in [6, 6.07) is 11.5. The summed E-state index contributed by atoms with van der Waals surface area (Å²) < 4.78 is 0. The average molecular weight is 269 g/mol. The third-order valence-electron chi connectivity index (χ3n) is 4.94. The van der Waals surface area contributed by atoms with Crippen LogP contribution in [-0.2, 0) is 12.8 Å². The van der Waals surface area contributed by atoms with E-state index in [-0.39, 0.29) is 0 Å². The van der Waals surface area contributed by atoms with Gasteiger partial charge in [-0.05, 0) is 70.5 Å². The van der Waals surface area contributed by atoms with Gasteiger partial charge >= 0.3 is 0 Å². The van der Waals surface area contributed by atoms with Crippen molar-refractivity contribution in [3.63, 3.8) is 0 Å². The van der Waals surface area contributed by atoms with Crippen LogP contribution < -0.4 is 5.73 Å². The lowest BCUT2D eigenvalue weighted by Crippen LogP contribution is -2.26. The van der Waals surface area contributed by atoms with Crippen molar-refractivity contribution in [2.24, 2.45) is 17.6 Å². The van der Waals surface area contributed by atoms with Gasteiger partial charge in [-0.1, -0.05) is 24.3 Å². The van der Waals surface area contributed by atoms with Crippen molar-refractivity contribution in [2.45, 2.75) is 31.2 Å². The highest BCUT2D eigenvalue weighted by Crippen LogP contribution is 2.61. The molecule has 1 aromatic heterocycles. The number of fused-ring (bicyclic) bond motifs is 3. The van der Waals surface area contributed by atoms with Crippen molar-refractivity contribution in [2.75, 3.05) is 0 Å². The number of rotatable bonds is 3. The van der Waals surface area contributed by atoms with Crippen molar-refractivity contribution >= 4 is 11.3 Å². The normalized spacial score (nSPS) is 29.4. The minimum Gasteiger partial charge on any atom is -0.327 e. The minimum atomic E-state index is 0.329. The first-order valence-corrected chi connectivity index (χ1v) is 8.13. The maximum Gasteiger partial charge on any atom is 0.0117 e. The second-order valence-electron chi connectivity index (χ2n) is 6.00. The molecule has 98 valence electrons. The lowest BCUT2D eigenvalue weighted by atomic mass is 9.92. The molecule has 0 saturated heterocycles. The Labute approximate surface area is 118 Å². The lowest BCUT2D eigenvalue weighted by molar-refractivity contribution is 0.532. The number of nitrogens with two attached hydrogens (primary N) is 1. The first-order valence-electron chi connectivity index (χ1n) is 7.19. The molecule has 2 aliphatic carbocycles. The molecule has 0 bridgehead atoms. The molecule has 19 heavy (non-hydrogen) atoms. The Kier molecular flexibility index (Phi) is 2.75. The van der Waals surface area contributed by atoms with E-state index in [0.29, 0.717) is 12.0 Å². The average Bonchev–Trinajstić information content (AvgIpc) is 2.98. The van der Waals surface area contributed by atoms with Crippen LogP contribution in [0.25, 0.3) is 0 Å². The molecule has 0 aliphatic heterocycles. The highest BCUT2D eigenvalue weighted by molar-refractivity contribution is 7.07. The van der Waals surface area contributed by atoms with Crippen LogP contribution in [0, 0.1) is 11.8 Å². The molecular formula is C17H19NS. The van der Waals surface area contributed by atoms with Crippen molar-refractivity contribution in [3.05, 3.63) is 57.8 Å². The van der Waals surface area contributed by atoms with E-state index in [0.717, 1.165) is 18.3 Å². The first-order chi connectivity index (χ1) is 9.34. The van der Waals surface area contributed by atoms with E-state index in [1.54, 1.807) is 22.5 Å². The predicted octanol–water partition coefficient (Wildman–Crippen LogP) is 3.59. The Morgan fingerprint density at radius 1 is 1.26 bits per heavy atom. The molecule has 0 spiro atoms. The zero-order valence-electron chi connectivity index (χ0n) is 11.0. The van der Waals surface area contributed by atoms with Crippen LogP contribution in [0.5, 0.6) is 0 Å². The molecule has 4 unspecified atom stereocenters. The molecule has 1 saturated carbocycles. The summed E-state index contributed by atoms with van der Waals surface area (Å²) in [5.74, 6) is 2.31. The van der Waals surface area contributed by atoms with E-state index in [1.165, 1.54) is 18.4 Å². The monoisotopic (exact) mass is 269 g/mol. The molecule has 2 aromatic rings. The fourth-order valence-corrected chi connectivity index (χ4v) is 4.70. The number of thiophene rings is 1. The first kappa shape index (κ1) is 11.7. The third kappa shape index (κ3) is 1.94. The quantitative estimate of drug-likeness (QED) is 0.905. The van der Waals surface area contributed by atoms with E-state index in [1.807, 2.05) is 0 Å². The summed E-state index contributed by atoms with van der Waals surface area (Å²) in [6.07, 6.45) is 3.63. The Bertz CT molecular complexity index is 575. The molecule has 2 N–H and O–H groups in total. The summed E-state index contributed by atoms with van der Waals surface area (Å²) >= 11 is 1.77. The van der Waals surface area contributed by atoms with Crippen LogP contribution in [0.3, 0.4) is 0 Å². The Morgan fingerprint density at radius 3 is 3.00 bits per heavy atom. The van der Waals surface area contributed by atoms with Gasteiger partial charge in [0.15, 0.2) is 0 Å². The lowest BCUT2D eigenvalue weighted by Gasteiger charge is -2.13. The van der Waals surface area contributed by atoms with Gasteiger partial charge in [0.1, 0.15) is 0 Å². The maximum atomic E-state index is 6.49. The smallest absolute Gasteiger partial charge is 0.0117 e. The van der Waals surface area contributed by atoms with Gasteiger partial charge in [0.2, 0.25) is 0 Å². The minimum absolute atomic E-state index is 0.329. The molecule has 4 rings (SSSR count). The van der Waals surface area contributed by atoms with E-state index in [4.69, 9.17) is 5.73 Å². The summed E-state index contributed by atoms with van der Waals surface area (Å²) in [5.41, 5.74) is 11.1. The van der Waals surface area contributed by atoms with Gasteiger partial charge in [-0.2, -0.15) is 11.3 Å². The molecule has 2 heteroatoms. The highest BCUT2D eigenvalue weighted by Gasteiger charge is 2.55. The van der Waals surface area contributed by atoms with E-state index in [9.17, 15) is 0 Å². The Morgan fingerprint density at radius 2 is 2.16 bits per heavy atom. The SMILES string of the molecule is NC(Cc1ccsc1)C1C2CCc3ccccc3C21. The molecule has 4 atom stereocenters. The molecule has 1 aromatic carbocycles. The van der Waals surface area contributed by atoms with Crippen LogP contribution in [0.1, 0.15) is 29.0 Å². The molecule has 0 amide bonds. The van der Waals surface area contributed by atoms with Crippen LogP contribution in [0.2, 0.25) is 0 Å². The molecule has 0 radical (unpaired) electrons. The van der Waals surface area contributed by atoms with Gasteiger partial charge in [-0.3, -0.25) is 0 Å². The highest BCUT2D eigenvalue weighted by atomic mass is 32.1. The standard InChI is InChI=1S/C17H19NS/c18-15(9-11-7-8-19-10-11)17-14-6-5-12-3-1-2-4-13(12)16(14)17/h1-4,7-8,10,14-17H,5-6,9,18H2. The van der Waals surface area contributed by atoms with Crippen molar-refractivity contribution in [1.82, 2.24) is 0 Å². The molecular weight excluding hydrogens is 250 g/mol. The molecule has 2 aliphatic rings. The maximum absolute atomic E-state index is 6.49. The predicted molar refractivity (Wildman–Crippen MR) is 80.5 cm³/mol. The number of aryl methyl sites for hydroxylation is 1. The summed E-state index contributed by atoms with van der Waals surface area (Å²) in [7, 11) is 0. The fraction of sp³-hybridized carbons (Fsp3) is 0.412. The van der Waals surface area contributed by atoms with Gasteiger partial charge in [0, 0.05) is 6.04 Å². The number of benzene rings is 1. The number of hydrogen-bond acceptors (Lipinski definition) is 2. The third-order valence-corrected chi connectivity index (χ3v) is 5.67. The second kappa shape index (κ2) is 4.46. The van der Waals surface area contributed by atoms with Crippen molar-refractivity contribution in [3.8, 4) is 0 Å². The summed E-state index contributed by atoms with van der Waals surface area (Å²) in [4.78, 5) is 0. The largest absolute Gasteiger partial charge is 0.327 e. The van der Waals surface area contributed by atoms with Crippen LogP contribution >= 0.6 is 11.3 Å². The van der Waals surface area contributed by atoms with Gasteiger partial charge in [-0.25, -0.2) is 0 Å². The van der Waals surface area contributed by atoms with Gasteiger partial charge < -0.3 is 5.73 Å². The van der Waals surface area contributed by atoms with E-state index >= 15 is 0 Å². The van der Waals surface area contributed by atoms with Gasteiger partial charge in [0.25, 0.3) is 0 Å². The second-order valence-corrected chi connectivity index (χ2v) is 6.78. The van der Waals surface area contributed by atoms with Crippen LogP contribution in [0.15, 0.2) is 41.1 Å². The van der Waals surface area contributed by atoms with Gasteiger partial charge in [0.05, 0.1) is 0 Å².